The van der Waals surface area contributed by atoms with E-state index < -0.39 is 0 Å². The zero-order valence-electron chi connectivity index (χ0n) is 19.7. The molecule has 0 radical (unpaired) electrons. The van der Waals surface area contributed by atoms with Crippen molar-refractivity contribution in [2.24, 2.45) is 0 Å². The van der Waals surface area contributed by atoms with Crippen LogP contribution >= 0.6 is 0 Å². The van der Waals surface area contributed by atoms with Gasteiger partial charge in [0.05, 0.1) is 11.7 Å². The highest BCUT2D eigenvalue weighted by Gasteiger charge is 2.29. The molecule has 2 atom stereocenters. The van der Waals surface area contributed by atoms with Crippen LogP contribution in [0.15, 0.2) is 54.7 Å². The molecule has 5 nitrogen and oxygen atoms in total. The molecule has 176 valence electrons. The highest BCUT2D eigenvalue weighted by Crippen LogP contribution is 2.33. The number of rotatable bonds is 8. The number of hydrogen-bond acceptors (Lipinski definition) is 5. The van der Waals surface area contributed by atoms with Crippen molar-refractivity contribution in [1.29, 1.82) is 0 Å². The van der Waals surface area contributed by atoms with Gasteiger partial charge in [0, 0.05) is 57.7 Å². The molecule has 0 amide bonds. The summed E-state index contributed by atoms with van der Waals surface area (Å²) in [4.78, 5) is 7.51. The van der Waals surface area contributed by atoms with Gasteiger partial charge in [-0.15, -0.1) is 0 Å². The predicted molar refractivity (Wildman–Crippen MR) is 133 cm³/mol. The van der Waals surface area contributed by atoms with Gasteiger partial charge in [-0.05, 0) is 61.3 Å². The molecular weight excluding hydrogens is 408 g/mol. The van der Waals surface area contributed by atoms with Crippen molar-refractivity contribution in [2.45, 2.75) is 63.2 Å². The molecule has 1 fully saturated rings. The summed E-state index contributed by atoms with van der Waals surface area (Å²) >= 11 is 0. The molecule has 2 unspecified atom stereocenters. The number of nitrogens with zero attached hydrogens (tertiary/aromatic N) is 2. The molecule has 0 saturated carbocycles. The summed E-state index contributed by atoms with van der Waals surface area (Å²) in [6.45, 7) is 5.70. The van der Waals surface area contributed by atoms with Crippen molar-refractivity contribution < 1.29 is 4.74 Å². The molecule has 0 bridgehead atoms. The first-order valence-corrected chi connectivity index (χ1v) is 12.8. The average Bonchev–Trinajstić information content (AvgIpc) is 2.88. The minimum atomic E-state index is 0.405. The Bertz CT molecular complexity index is 924. The van der Waals surface area contributed by atoms with E-state index >= 15 is 0 Å². The molecule has 5 rings (SSSR count). The van der Waals surface area contributed by atoms with Gasteiger partial charge in [-0.3, -0.25) is 9.88 Å². The Balaban J connectivity index is 1.25. The normalized spacial score (nSPS) is 23.5. The maximum absolute atomic E-state index is 5.47. The van der Waals surface area contributed by atoms with Gasteiger partial charge in [-0.25, -0.2) is 0 Å². The second kappa shape index (κ2) is 11.4. The number of fused-ring (bicyclic) bond motifs is 2. The zero-order valence-corrected chi connectivity index (χ0v) is 19.7. The Morgan fingerprint density at radius 3 is 2.79 bits per heavy atom. The molecule has 2 N–H and O–H groups in total. The second-order valence-electron chi connectivity index (χ2n) is 9.73. The van der Waals surface area contributed by atoms with E-state index in [4.69, 9.17) is 9.72 Å². The minimum Gasteiger partial charge on any atom is -0.381 e. The van der Waals surface area contributed by atoms with Gasteiger partial charge in [0.15, 0.2) is 0 Å². The Hall–Kier alpha value is -2.05. The van der Waals surface area contributed by atoms with Crippen LogP contribution in [0.2, 0.25) is 0 Å². The van der Waals surface area contributed by atoms with E-state index in [0.29, 0.717) is 18.1 Å². The maximum atomic E-state index is 5.47. The van der Waals surface area contributed by atoms with E-state index in [0.717, 1.165) is 65.1 Å². The Morgan fingerprint density at radius 1 is 1.03 bits per heavy atom. The van der Waals surface area contributed by atoms with E-state index in [1.165, 1.54) is 35.2 Å². The van der Waals surface area contributed by atoms with E-state index in [-0.39, 0.29) is 0 Å². The van der Waals surface area contributed by atoms with E-state index in [1.807, 2.05) is 6.20 Å². The monoisotopic (exact) mass is 446 g/mol. The third-order valence-corrected chi connectivity index (χ3v) is 7.48. The SMILES string of the molecule is C(=C\CN(CC1Cc2ccccc2CN1)C1CCCc2cccnc21)/CNC1CCOCC1. The third kappa shape index (κ3) is 5.90. The van der Waals surface area contributed by atoms with Crippen LogP contribution in [0.5, 0.6) is 0 Å². The standard InChI is InChI=1S/C28H38N4O/c1-2-8-24-20-31-26(19-23(24)7-1)21-32(16-4-3-14-29-25-12-17-33-18-13-25)27-11-5-9-22-10-6-15-30-28(22)27/h1-4,6-8,10,15,25-27,29,31H,5,9,11-14,16-21H2/b4-3+. The van der Waals surface area contributed by atoms with E-state index in [1.54, 1.807) is 0 Å². The van der Waals surface area contributed by atoms with Crippen LogP contribution in [-0.2, 0) is 24.1 Å². The van der Waals surface area contributed by atoms with Crippen molar-refractivity contribution in [3.8, 4) is 0 Å². The van der Waals surface area contributed by atoms with E-state index in [9.17, 15) is 0 Å². The summed E-state index contributed by atoms with van der Waals surface area (Å²) in [5.74, 6) is 0. The molecule has 2 aromatic rings. The number of benzene rings is 1. The lowest BCUT2D eigenvalue weighted by atomic mass is 9.89. The van der Waals surface area contributed by atoms with Crippen molar-refractivity contribution >= 4 is 0 Å². The smallest absolute Gasteiger partial charge is 0.0607 e. The third-order valence-electron chi connectivity index (χ3n) is 7.48. The van der Waals surface area contributed by atoms with Gasteiger partial charge >= 0.3 is 0 Å². The Labute approximate surface area is 198 Å². The number of aromatic nitrogens is 1. The molecule has 1 aromatic carbocycles. The highest BCUT2D eigenvalue weighted by atomic mass is 16.5. The number of ether oxygens (including phenoxy) is 1. The quantitative estimate of drug-likeness (QED) is 0.604. The fraction of sp³-hybridized carbons (Fsp3) is 0.536. The molecule has 0 spiro atoms. The van der Waals surface area contributed by atoms with Gasteiger partial charge in [0.1, 0.15) is 0 Å². The number of pyridine rings is 1. The second-order valence-corrected chi connectivity index (χ2v) is 9.73. The highest BCUT2D eigenvalue weighted by molar-refractivity contribution is 5.30. The largest absolute Gasteiger partial charge is 0.381 e. The lowest BCUT2D eigenvalue weighted by molar-refractivity contribution is 0.0789. The average molecular weight is 447 g/mol. The first-order valence-electron chi connectivity index (χ1n) is 12.8. The van der Waals surface area contributed by atoms with Crippen LogP contribution in [0.1, 0.15) is 54.1 Å². The molecular formula is C28H38N4O. The molecule has 1 aliphatic carbocycles. The molecule has 5 heteroatoms. The summed E-state index contributed by atoms with van der Waals surface area (Å²) in [6.07, 6.45) is 13.6. The first-order chi connectivity index (χ1) is 16.4. The fourth-order valence-electron chi connectivity index (χ4n) is 5.63. The maximum Gasteiger partial charge on any atom is 0.0607 e. The van der Waals surface area contributed by atoms with Crippen LogP contribution in [0.25, 0.3) is 0 Å². The molecule has 3 heterocycles. The molecule has 1 aromatic heterocycles. The van der Waals surface area contributed by atoms with Gasteiger partial charge in [-0.1, -0.05) is 42.5 Å². The summed E-state index contributed by atoms with van der Waals surface area (Å²) in [7, 11) is 0. The van der Waals surface area contributed by atoms with Gasteiger partial charge in [0.2, 0.25) is 0 Å². The molecule has 1 saturated heterocycles. The van der Waals surface area contributed by atoms with Crippen molar-refractivity contribution in [3.63, 3.8) is 0 Å². The van der Waals surface area contributed by atoms with E-state index in [2.05, 4.69) is 64.1 Å². The van der Waals surface area contributed by atoms with Crippen LogP contribution in [0, 0.1) is 0 Å². The molecule has 33 heavy (non-hydrogen) atoms. The van der Waals surface area contributed by atoms with Crippen LogP contribution < -0.4 is 10.6 Å². The van der Waals surface area contributed by atoms with Gasteiger partial charge < -0.3 is 15.4 Å². The summed E-state index contributed by atoms with van der Waals surface area (Å²) < 4.78 is 5.47. The minimum absolute atomic E-state index is 0.405. The van der Waals surface area contributed by atoms with Crippen LogP contribution in [-0.4, -0.2) is 54.8 Å². The van der Waals surface area contributed by atoms with Crippen LogP contribution in [0.4, 0.5) is 0 Å². The molecule has 3 aliphatic rings. The Kier molecular flexibility index (Phi) is 7.84. The molecule has 2 aliphatic heterocycles. The number of hydrogen-bond donors (Lipinski definition) is 2. The predicted octanol–water partition coefficient (Wildman–Crippen LogP) is 3.80. The number of aryl methyl sites for hydroxylation is 1. The lowest BCUT2D eigenvalue weighted by Crippen LogP contribution is -2.46. The Morgan fingerprint density at radius 2 is 1.88 bits per heavy atom. The van der Waals surface area contributed by atoms with Crippen molar-refractivity contribution in [3.05, 3.63) is 77.1 Å². The van der Waals surface area contributed by atoms with Gasteiger partial charge in [0.25, 0.3) is 0 Å². The number of nitrogens with one attached hydrogen (secondary N) is 2. The summed E-state index contributed by atoms with van der Waals surface area (Å²) in [5.41, 5.74) is 5.68. The van der Waals surface area contributed by atoms with Crippen LogP contribution in [0.3, 0.4) is 0 Å². The zero-order chi connectivity index (χ0) is 22.3. The first kappa shape index (κ1) is 22.7. The van der Waals surface area contributed by atoms with Gasteiger partial charge in [-0.2, -0.15) is 0 Å². The summed E-state index contributed by atoms with van der Waals surface area (Å²) in [6, 6.07) is 14.7. The lowest BCUT2D eigenvalue weighted by Gasteiger charge is -2.38. The van der Waals surface area contributed by atoms with Crippen molar-refractivity contribution in [2.75, 3.05) is 32.8 Å². The summed E-state index contributed by atoms with van der Waals surface area (Å²) in [5, 5.41) is 7.48. The fourth-order valence-corrected chi connectivity index (χ4v) is 5.63. The van der Waals surface area contributed by atoms with Crippen molar-refractivity contribution in [1.82, 2.24) is 20.5 Å². The topological polar surface area (TPSA) is 49.4 Å².